The molecule has 44 heavy (non-hydrogen) atoms. The monoisotopic (exact) mass is 604 g/mol. The molecule has 1 fully saturated rings. The van der Waals surface area contributed by atoms with Crippen molar-refractivity contribution in [3.63, 3.8) is 0 Å². The summed E-state index contributed by atoms with van der Waals surface area (Å²) < 4.78 is 26.6. The van der Waals surface area contributed by atoms with E-state index in [4.69, 9.17) is 18.9 Å². The zero-order valence-corrected chi connectivity index (χ0v) is 25.3. The Hall–Kier alpha value is -4.06. The molecule has 6 rings (SSSR count). The maximum atomic E-state index is 13.8. The maximum absolute atomic E-state index is 13.8. The summed E-state index contributed by atoms with van der Waals surface area (Å²) in [5.41, 5.74) is 3.24. The van der Waals surface area contributed by atoms with E-state index in [2.05, 4.69) is 4.90 Å². The lowest BCUT2D eigenvalue weighted by Gasteiger charge is -2.36. The van der Waals surface area contributed by atoms with E-state index in [0.29, 0.717) is 44.5 Å². The Kier molecular flexibility index (Phi) is 9.06. The molecule has 4 heterocycles. The van der Waals surface area contributed by atoms with Gasteiger partial charge in [-0.15, -0.1) is 0 Å². The zero-order valence-electron chi connectivity index (χ0n) is 25.3. The van der Waals surface area contributed by atoms with Gasteiger partial charge < -0.3 is 29.0 Å². The van der Waals surface area contributed by atoms with Gasteiger partial charge in [-0.05, 0) is 55.7 Å². The Morgan fingerprint density at radius 2 is 1.80 bits per heavy atom. The molecule has 0 saturated carbocycles. The molecule has 3 aromatic rings. The van der Waals surface area contributed by atoms with Gasteiger partial charge in [0.1, 0.15) is 0 Å². The molecule has 0 spiro atoms. The minimum Gasteiger partial charge on any atom is -0.459 e. The Bertz CT molecular complexity index is 1560. The van der Waals surface area contributed by atoms with E-state index in [9.17, 15) is 14.7 Å². The normalized spacial score (nSPS) is 20.0. The van der Waals surface area contributed by atoms with E-state index in [1.807, 2.05) is 72.1 Å². The summed E-state index contributed by atoms with van der Waals surface area (Å²) in [5.74, 6) is 1.19. The summed E-state index contributed by atoms with van der Waals surface area (Å²) in [6.45, 7) is 5.96. The van der Waals surface area contributed by atoms with Crippen molar-refractivity contribution in [1.82, 2.24) is 19.2 Å². The number of fused-ring (bicyclic) bond motifs is 1. The molecule has 11 heteroatoms. The molecule has 11 nitrogen and oxygen atoms in total. The number of unbranched alkanes of at least 4 members (excludes halogenated alkanes) is 1. The number of aromatic nitrogens is 2. The Morgan fingerprint density at radius 3 is 2.57 bits per heavy atom. The van der Waals surface area contributed by atoms with Gasteiger partial charge in [0, 0.05) is 70.0 Å². The summed E-state index contributed by atoms with van der Waals surface area (Å²) in [4.78, 5) is 31.8. The zero-order chi connectivity index (χ0) is 30.6. The number of nitrogens with zero attached hydrogens (tertiary/aromatic N) is 4. The molecule has 1 amide bonds. The number of carbonyl (C=O) groups excluding carboxylic acids is 1. The minimum absolute atomic E-state index is 0.0873. The SMILES string of the molecule is Cc1c([C@H]2C=C(C(=O)N3CCN(Cc4ccc5c(c4)OCO5)CC3)O[C@@H](OCCCCO)C2)c(=O)n(-c2ccccc2)n1C. The van der Waals surface area contributed by atoms with Crippen LogP contribution in [-0.2, 0) is 27.9 Å². The molecule has 0 radical (unpaired) electrons. The first-order valence-corrected chi connectivity index (χ1v) is 15.3. The summed E-state index contributed by atoms with van der Waals surface area (Å²) in [5, 5.41) is 9.18. The molecule has 3 aliphatic rings. The van der Waals surface area contributed by atoms with Crippen molar-refractivity contribution in [2.24, 2.45) is 7.05 Å². The molecular formula is C33H40N4O7. The number of para-hydroxylation sites is 1. The molecular weight excluding hydrogens is 564 g/mol. The highest BCUT2D eigenvalue weighted by Crippen LogP contribution is 2.34. The second-order valence-corrected chi connectivity index (χ2v) is 11.5. The summed E-state index contributed by atoms with van der Waals surface area (Å²) in [7, 11) is 1.87. The topological polar surface area (TPSA) is 108 Å². The van der Waals surface area contributed by atoms with Crippen molar-refractivity contribution in [3.8, 4) is 17.2 Å². The average molecular weight is 605 g/mol. The number of ether oxygens (including phenoxy) is 4. The fourth-order valence-electron chi connectivity index (χ4n) is 6.12. The van der Waals surface area contributed by atoms with Crippen LogP contribution in [0, 0.1) is 6.92 Å². The van der Waals surface area contributed by atoms with Crippen LogP contribution >= 0.6 is 0 Å². The lowest BCUT2D eigenvalue weighted by molar-refractivity contribution is -0.154. The number of carbonyl (C=O) groups is 1. The van der Waals surface area contributed by atoms with Crippen LogP contribution in [0.3, 0.4) is 0 Å². The Labute approximate surface area is 256 Å². The van der Waals surface area contributed by atoms with Gasteiger partial charge in [-0.3, -0.25) is 19.2 Å². The highest BCUT2D eigenvalue weighted by Gasteiger charge is 2.35. The number of hydrogen-bond donors (Lipinski definition) is 1. The van der Waals surface area contributed by atoms with Gasteiger partial charge >= 0.3 is 0 Å². The minimum atomic E-state index is -0.681. The van der Waals surface area contributed by atoms with E-state index in [0.717, 1.165) is 48.1 Å². The van der Waals surface area contributed by atoms with E-state index in [1.165, 1.54) is 0 Å². The smallest absolute Gasteiger partial charge is 0.288 e. The van der Waals surface area contributed by atoms with Crippen molar-refractivity contribution < 1.29 is 28.8 Å². The van der Waals surface area contributed by atoms with Crippen LogP contribution in [0.25, 0.3) is 5.69 Å². The molecule has 234 valence electrons. The van der Waals surface area contributed by atoms with E-state index in [1.54, 1.807) is 10.8 Å². The maximum Gasteiger partial charge on any atom is 0.288 e. The number of benzene rings is 2. The number of hydrogen-bond acceptors (Lipinski definition) is 8. The average Bonchev–Trinajstić information content (AvgIpc) is 3.60. The molecule has 0 aliphatic carbocycles. The molecule has 1 saturated heterocycles. The van der Waals surface area contributed by atoms with Crippen LogP contribution < -0.4 is 15.0 Å². The second kappa shape index (κ2) is 13.3. The predicted octanol–water partition coefficient (Wildman–Crippen LogP) is 3.06. The van der Waals surface area contributed by atoms with Crippen LogP contribution in [0.1, 0.15) is 42.0 Å². The Balaban J connectivity index is 1.19. The van der Waals surface area contributed by atoms with Gasteiger partial charge in [-0.25, -0.2) is 4.68 Å². The van der Waals surface area contributed by atoms with Gasteiger partial charge in [0.2, 0.25) is 13.1 Å². The molecule has 0 bridgehead atoms. The third kappa shape index (κ3) is 6.26. The standard InChI is InChI=1S/C33H40N4O7/c1-23-31(33(40)37(34(23)2)26-8-4-3-5-9-26)25-19-29(44-30(20-25)41-17-7-6-16-38)32(39)36-14-12-35(13-15-36)21-24-10-11-27-28(18-24)43-22-42-27/h3-5,8-11,18-19,25,30,38H,6-7,12-17,20-22H2,1-2H3/t25-,30+/m0/s1. The number of allylic oxidation sites excluding steroid dienone is 1. The number of aliphatic hydroxyl groups is 1. The van der Waals surface area contributed by atoms with Gasteiger partial charge in [0.25, 0.3) is 11.5 Å². The summed E-state index contributed by atoms with van der Waals surface area (Å²) in [6.07, 6.45) is 2.82. The van der Waals surface area contributed by atoms with E-state index in [-0.39, 0.29) is 36.5 Å². The largest absolute Gasteiger partial charge is 0.459 e. The quantitative estimate of drug-likeness (QED) is 0.352. The number of aliphatic hydroxyl groups excluding tert-OH is 1. The third-order valence-corrected chi connectivity index (χ3v) is 8.60. The fourth-order valence-corrected chi connectivity index (χ4v) is 6.12. The van der Waals surface area contributed by atoms with Crippen molar-refractivity contribution in [3.05, 3.63) is 87.5 Å². The Morgan fingerprint density at radius 1 is 1.02 bits per heavy atom. The van der Waals surface area contributed by atoms with Crippen molar-refractivity contribution in [1.29, 1.82) is 0 Å². The highest BCUT2D eigenvalue weighted by atomic mass is 16.7. The number of piperazine rings is 1. The number of amides is 1. The second-order valence-electron chi connectivity index (χ2n) is 11.5. The first-order valence-electron chi connectivity index (χ1n) is 15.3. The van der Waals surface area contributed by atoms with Crippen LogP contribution in [-0.4, -0.2) is 82.7 Å². The summed E-state index contributed by atoms with van der Waals surface area (Å²) in [6, 6.07) is 15.5. The van der Waals surface area contributed by atoms with Crippen LogP contribution in [0.5, 0.6) is 11.5 Å². The van der Waals surface area contributed by atoms with E-state index < -0.39 is 6.29 Å². The van der Waals surface area contributed by atoms with Gasteiger partial charge in [-0.1, -0.05) is 24.3 Å². The third-order valence-electron chi connectivity index (χ3n) is 8.60. The molecule has 3 aliphatic heterocycles. The van der Waals surface area contributed by atoms with Gasteiger partial charge in [0.05, 0.1) is 12.3 Å². The number of rotatable bonds is 10. The molecule has 1 aromatic heterocycles. The van der Waals surface area contributed by atoms with Crippen LogP contribution in [0.4, 0.5) is 0 Å². The van der Waals surface area contributed by atoms with Crippen LogP contribution in [0.2, 0.25) is 0 Å². The molecule has 2 atom stereocenters. The van der Waals surface area contributed by atoms with Crippen molar-refractivity contribution in [2.45, 2.75) is 44.9 Å². The first-order chi connectivity index (χ1) is 21.4. The molecule has 1 N–H and O–H groups in total. The summed E-state index contributed by atoms with van der Waals surface area (Å²) >= 11 is 0. The molecule has 2 aromatic carbocycles. The van der Waals surface area contributed by atoms with Crippen molar-refractivity contribution in [2.75, 3.05) is 46.2 Å². The fraction of sp³-hybridized carbons (Fsp3) is 0.455. The lowest BCUT2D eigenvalue weighted by atomic mass is 9.93. The molecule has 0 unspecified atom stereocenters. The van der Waals surface area contributed by atoms with E-state index >= 15 is 0 Å². The van der Waals surface area contributed by atoms with Crippen molar-refractivity contribution >= 4 is 5.91 Å². The lowest BCUT2D eigenvalue weighted by Crippen LogP contribution is -2.49. The van der Waals surface area contributed by atoms with Crippen LogP contribution in [0.15, 0.2) is 65.2 Å². The highest BCUT2D eigenvalue weighted by molar-refractivity contribution is 5.92. The predicted molar refractivity (Wildman–Crippen MR) is 163 cm³/mol. The first kappa shape index (κ1) is 30.0. The van der Waals surface area contributed by atoms with Gasteiger partial charge in [0.15, 0.2) is 17.3 Å². The van der Waals surface area contributed by atoms with Gasteiger partial charge in [-0.2, -0.15) is 0 Å².